The van der Waals surface area contributed by atoms with Crippen LogP contribution in [0.25, 0.3) is 0 Å². The molecule has 5 nitrogen and oxygen atoms in total. The molecule has 0 unspecified atom stereocenters. The molecule has 0 aromatic carbocycles. The van der Waals surface area contributed by atoms with Gasteiger partial charge in [-0.15, -0.1) is 0 Å². The van der Waals surface area contributed by atoms with Gasteiger partial charge in [-0.3, -0.25) is 0 Å². The fraction of sp³-hybridized carbons (Fsp3) is 0.862. The van der Waals surface area contributed by atoms with E-state index in [4.69, 9.17) is 9.15 Å². The van der Waals surface area contributed by atoms with Gasteiger partial charge in [0, 0.05) is 17.5 Å². The Labute approximate surface area is 205 Å². The van der Waals surface area contributed by atoms with Gasteiger partial charge < -0.3 is 24.3 Å². The van der Waals surface area contributed by atoms with Crippen molar-refractivity contribution in [2.24, 2.45) is 28.6 Å². The summed E-state index contributed by atoms with van der Waals surface area (Å²) in [4.78, 5) is 2.52. The van der Waals surface area contributed by atoms with Crippen LogP contribution >= 0.6 is 0 Å². The van der Waals surface area contributed by atoms with Gasteiger partial charge >= 0.3 is 0 Å². The predicted molar refractivity (Wildman–Crippen MR) is 131 cm³/mol. The maximum absolute atomic E-state index is 12.7. The van der Waals surface area contributed by atoms with Gasteiger partial charge in [-0.2, -0.15) is 0 Å². The molecule has 2 heterocycles. The van der Waals surface area contributed by atoms with Gasteiger partial charge in [-0.05, 0) is 113 Å². The van der Waals surface area contributed by atoms with Crippen molar-refractivity contribution in [2.75, 3.05) is 26.2 Å². The summed E-state index contributed by atoms with van der Waals surface area (Å²) in [5.41, 5.74) is -0.166. The molecule has 8 atom stereocenters. The molecule has 1 aromatic rings. The smallest absolute Gasteiger partial charge is 0.104 e. The summed E-state index contributed by atoms with van der Waals surface area (Å²) in [6, 6.07) is 2.08. The lowest BCUT2D eigenvalue weighted by molar-refractivity contribution is -0.249. The van der Waals surface area contributed by atoms with Crippen molar-refractivity contribution < 1.29 is 19.4 Å². The summed E-state index contributed by atoms with van der Waals surface area (Å²) >= 11 is 0. The van der Waals surface area contributed by atoms with Crippen molar-refractivity contribution >= 4 is 0 Å². The number of likely N-dealkylation sites (tertiary alicyclic amines) is 1. The summed E-state index contributed by atoms with van der Waals surface area (Å²) in [5, 5.41) is 23.1. The Balaban J connectivity index is 1.31. The van der Waals surface area contributed by atoms with Crippen LogP contribution in [0.15, 0.2) is 23.0 Å². The van der Waals surface area contributed by atoms with E-state index >= 15 is 0 Å². The minimum absolute atomic E-state index is 0.129. The van der Waals surface area contributed by atoms with Crippen molar-refractivity contribution in [3.05, 3.63) is 24.2 Å². The third-order valence-electron chi connectivity index (χ3n) is 11.9. The van der Waals surface area contributed by atoms with Gasteiger partial charge in [0.1, 0.15) is 5.60 Å². The highest BCUT2D eigenvalue weighted by Gasteiger charge is 2.73. The molecule has 6 rings (SSSR count). The summed E-state index contributed by atoms with van der Waals surface area (Å²) in [7, 11) is 0. The number of ether oxygens (including phenoxy) is 1. The first-order valence-corrected chi connectivity index (χ1v) is 14.1. The summed E-state index contributed by atoms with van der Waals surface area (Å²) in [6.07, 6.45) is 15.1. The minimum atomic E-state index is -0.717. The summed E-state index contributed by atoms with van der Waals surface area (Å²) < 4.78 is 12.6. The highest BCUT2D eigenvalue weighted by molar-refractivity contribution is 5.31. The van der Waals surface area contributed by atoms with E-state index in [9.17, 15) is 10.2 Å². The topological polar surface area (TPSA) is 66.1 Å². The Morgan fingerprint density at radius 2 is 1.85 bits per heavy atom. The van der Waals surface area contributed by atoms with Crippen LogP contribution in [0.5, 0.6) is 0 Å². The maximum Gasteiger partial charge on any atom is 0.104 e. The van der Waals surface area contributed by atoms with Crippen molar-refractivity contribution in [3.8, 4) is 0 Å². The number of hydrogen-bond acceptors (Lipinski definition) is 5. The van der Waals surface area contributed by atoms with Crippen LogP contribution in [0.1, 0.15) is 90.0 Å². The predicted octanol–water partition coefficient (Wildman–Crippen LogP) is 5.11. The zero-order valence-corrected chi connectivity index (χ0v) is 21.3. The number of nitrogens with zero attached hydrogens (tertiary/aromatic N) is 1. The summed E-state index contributed by atoms with van der Waals surface area (Å²) in [5.74, 6) is 1.46. The number of aliphatic hydroxyl groups is 2. The number of aliphatic hydroxyl groups excluding tert-OH is 1. The second-order valence-electron chi connectivity index (χ2n) is 13.0. The molecule has 0 spiro atoms. The highest BCUT2D eigenvalue weighted by Crippen LogP contribution is 2.72. The number of fused-ring (bicyclic) bond motifs is 5. The van der Waals surface area contributed by atoms with Crippen LogP contribution in [-0.2, 0) is 10.3 Å². The molecule has 190 valence electrons. The maximum atomic E-state index is 12.7. The largest absolute Gasteiger partial charge is 0.472 e. The standard InChI is InChI=1S/C29H45NO4/c1-26-10-7-23(31)19-21(26)5-6-25-24(26)8-11-27(2)28(25,32)12-13-29(27,22-9-17-33-20-22)34-18-16-30-14-3-4-15-30/h9,17,20-21,23-25,31-32H,3-8,10-16,18-19H2,1-2H3/t21-,23+,24+,25-,26+,27+,28+,29+/m1/s1. The molecule has 1 aromatic heterocycles. The zero-order valence-electron chi connectivity index (χ0n) is 21.3. The van der Waals surface area contributed by atoms with Gasteiger partial charge in [-0.1, -0.05) is 13.8 Å². The Morgan fingerprint density at radius 3 is 2.62 bits per heavy atom. The molecule has 5 heteroatoms. The molecular weight excluding hydrogens is 426 g/mol. The fourth-order valence-corrected chi connectivity index (χ4v) is 9.83. The third-order valence-corrected chi connectivity index (χ3v) is 11.9. The SMILES string of the molecule is C[C@]12CC[C@H](O)C[C@H]1CC[C@@H]1[C@@H]2CC[C@]2(C)[C@@](OCCN3CCCC3)(c3ccoc3)CC[C@]12O. The lowest BCUT2D eigenvalue weighted by atomic mass is 9.43. The normalized spacial score (nSPS) is 48.9. The highest BCUT2D eigenvalue weighted by atomic mass is 16.5. The second-order valence-corrected chi connectivity index (χ2v) is 13.0. The quantitative estimate of drug-likeness (QED) is 0.625. The Morgan fingerprint density at radius 1 is 1.03 bits per heavy atom. The fourth-order valence-electron chi connectivity index (χ4n) is 9.83. The van der Waals surface area contributed by atoms with Gasteiger partial charge in [0.15, 0.2) is 0 Å². The molecule has 1 aliphatic heterocycles. The first kappa shape index (κ1) is 23.5. The molecule has 4 saturated carbocycles. The molecule has 4 aliphatic carbocycles. The van der Waals surface area contributed by atoms with Crippen LogP contribution in [0.4, 0.5) is 0 Å². The number of hydrogen-bond donors (Lipinski definition) is 2. The second kappa shape index (κ2) is 8.33. The summed E-state index contributed by atoms with van der Waals surface area (Å²) in [6.45, 7) is 8.86. The minimum Gasteiger partial charge on any atom is -0.472 e. The molecule has 5 fully saturated rings. The molecular formula is C29H45NO4. The molecule has 34 heavy (non-hydrogen) atoms. The van der Waals surface area contributed by atoms with E-state index < -0.39 is 11.2 Å². The average molecular weight is 472 g/mol. The molecule has 1 saturated heterocycles. The van der Waals surface area contributed by atoms with Crippen LogP contribution in [-0.4, -0.2) is 53.1 Å². The Hall–Kier alpha value is -0.880. The lowest BCUT2D eigenvalue weighted by Gasteiger charge is -2.64. The van der Waals surface area contributed by atoms with E-state index in [0.717, 1.165) is 69.9 Å². The van der Waals surface area contributed by atoms with E-state index in [-0.39, 0.29) is 16.9 Å². The molecule has 0 amide bonds. The first-order valence-electron chi connectivity index (χ1n) is 14.1. The van der Waals surface area contributed by atoms with Crippen molar-refractivity contribution in [1.29, 1.82) is 0 Å². The molecule has 0 bridgehead atoms. The monoisotopic (exact) mass is 471 g/mol. The first-order chi connectivity index (χ1) is 16.3. The third kappa shape index (κ3) is 3.19. The average Bonchev–Trinajstić information content (AvgIpc) is 3.57. The van der Waals surface area contributed by atoms with Crippen molar-refractivity contribution in [2.45, 2.75) is 102 Å². The van der Waals surface area contributed by atoms with Crippen molar-refractivity contribution in [3.63, 3.8) is 0 Å². The Bertz CT molecular complexity index is 867. The van der Waals surface area contributed by atoms with E-state index in [1.807, 2.05) is 6.26 Å². The van der Waals surface area contributed by atoms with Gasteiger partial charge in [0.25, 0.3) is 0 Å². The van der Waals surface area contributed by atoms with E-state index in [2.05, 4.69) is 24.8 Å². The van der Waals surface area contributed by atoms with E-state index in [0.29, 0.717) is 24.4 Å². The molecule has 0 radical (unpaired) electrons. The van der Waals surface area contributed by atoms with Crippen LogP contribution in [0.2, 0.25) is 0 Å². The van der Waals surface area contributed by atoms with E-state index in [1.54, 1.807) is 6.26 Å². The van der Waals surface area contributed by atoms with Crippen LogP contribution in [0, 0.1) is 28.6 Å². The van der Waals surface area contributed by atoms with E-state index in [1.165, 1.54) is 25.9 Å². The van der Waals surface area contributed by atoms with Crippen LogP contribution in [0.3, 0.4) is 0 Å². The van der Waals surface area contributed by atoms with Gasteiger partial charge in [0.2, 0.25) is 0 Å². The number of rotatable bonds is 5. The Kier molecular flexibility index (Phi) is 5.76. The van der Waals surface area contributed by atoms with Crippen LogP contribution < -0.4 is 0 Å². The zero-order chi connectivity index (χ0) is 23.6. The van der Waals surface area contributed by atoms with Gasteiger partial charge in [-0.25, -0.2) is 0 Å². The van der Waals surface area contributed by atoms with Gasteiger partial charge in [0.05, 0.1) is 30.8 Å². The molecule has 5 aliphatic rings. The van der Waals surface area contributed by atoms with Crippen molar-refractivity contribution in [1.82, 2.24) is 4.90 Å². The number of furan rings is 1. The lowest BCUT2D eigenvalue weighted by Crippen LogP contribution is -2.65. The molecule has 2 N–H and O–H groups in total.